The van der Waals surface area contributed by atoms with Gasteiger partial charge in [0.1, 0.15) is 17.1 Å². The van der Waals surface area contributed by atoms with E-state index in [9.17, 15) is 13.2 Å². The molecule has 0 spiro atoms. The number of fused-ring (bicyclic) bond motifs is 9. The Morgan fingerprint density at radius 1 is 0.979 bits per heavy atom. The molecule has 48 heavy (non-hydrogen) atoms. The van der Waals surface area contributed by atoms with E-state index in [4.69, 9.17) is 9.72 Å². The zero-order chi connectivity index (χ0) is 33.7. The summed E-state index contributed by atoms with van der Waals surface area (Å²) in [4.78, 5) is 38.2. The van der Waals surface area contributed by atoms with Crippen LogP contribution in [-0.2, 0) is 21.5 Å². The summed E-state index contributed by atoms with van der Waals surface area (Å²) < 4.78 is 35.6. The predicted molar refractivity (Wildman–Crippen MR) is 183 cm³/mol. The third-order valence-electron chi connectivity index (χ3n) is 12.0. The van der Waals surface area contributed by atoms with Crippen molar-refractivity contribution in [3.63, 3.8) is 0 Å². The van der Waals surface area contributed by atoms with Crippen LogP contribution in [0.5, 0.6) is 5.75 Å². The highest BCUT2D eigenvalue weighted by atomic mass is 32.2. The van der Waals surface area contributed by atoms with E-state index in [0.29, 0.717) is 18.1 Å². The summed E-state index contributed by atoms with van der Waals surface area (Å²) in [5.41, 5.74) is 4.65. The van der Waals surface area contributed by atoms with Gasteiger partial charge in [-0.05, 0) is 86.5 Å². The van der Waals surface area contributed by atoms with Crippen molar-refractivity contribution in [2.75, 3.05) is 48.4 Å². The summed E-state index contributed by atoms with van der Waals surface area (Å²) in [6, 6.07) is 10.4. The number of methoxy groups -OCH3 is 1. The molecule has 2 amide bonds. The summed E-state index contributed by atoms with van der Waals surface area (Å²) in [5, 5.41) is 0.981. The molecule has 3 aliphatic heterocycles. The minimum atomic E-state index is -4.00. The normalized spacial score (nSPS) is 27.0. The van der Waals surface area contributed by atoms with Gasteiger partial charge >= 0.3 is 10.2 Å². The van der Waals surface area contributed by atoms with E-state index in [0.717, 1.165) is 94.6 Å². The average Bonchev–Trinajstić information content (AvgIpc) is 3.67. The average molecular weight is 675 g/mol. The number of piperazine rings is 1. The van der Waals surface area contributed by atoms with Gasteiger partial charge in [-0.25, -0.2) is 9.29 Å². The smallest absolute Gasteiger partial charge is 0.305 e. The molecule has 2 aromatic heterocycles. The molecule has 5 aliphatic rings. The molecule has 2 saturated heterocycles. The Morgan fingerprint density at radius 2 is 1.69 bits per heavy atom. The number of hydrogen-bond donors (Lipinski definition) is 0. The van der Waals surface area contributed by atoms with Crippen molar-refractivity contribution in [2.45, 2.75) is 81.8 Å². The zero-order valence-corrected chi connectivity index (χ0v) is 29.4. The summed E-state index contributed by atoms with van der Waals surface area (Å²) in [5.74, 6) is 0.691. The van der Waals surface area contributed by atoms with E-state index < -0.39 is 21.5 Å². The Morgan fingerprint density at radius 3 is 2.35 bits per heavy atom. The number of carbonyl (C=O) groups excluding carboxylic acids is 2. The maximum absolute atomic E-state index is 15.0. The minimum Gasteiger partial charge on any atom is -0.497 e. The van der Waals surface area contributed by atoms with E-state index in [-0.39, 0.29) is 29.6 Å². The van der Waals surface area contributed by atoms with Crippen LogP contribution in [0.15, 0.2) is 30.3 Å². The Balaban J connectivity index is 1.33. The molecule has 1 aromatic carbocycles. The third-order valence-corrected chi connectivity index (χ3v) is 13.8. The van der Waals surface area contributed by atoms with Crippen LogP contribution in [0.2, 0.25) is 0 Å². The van der Waals surface area contributed by atoms with Crippen LogP contribution in [0.25, 0.3) is 22.3 Å². The predicted octanol–water partition coefficient (Wildman–Crippen LogP) is 4.43. The van der Waals surface area contributed by atoms with Crippen molar-refractivity contribution in [1.29, 1.82) is 0 Å². The number of likely N-dealkylation sites (tertiary alicyclic amines) is 1. The van der Waals surface area contributed by atoms with Crippen molar-refractivity contribution >= 4 is 33.1 Å². The summed E-state index contributed by atoms with van der Waals surface area (Å²) in [6.07, 6.45) is 8.48. The maximum atomic E-state index is 15.0. The second kappa shape index (κ2) is 11.3. The number of pyridine rings is 1. The van der Waals surface area contributed by atoms with Crippen molar-refractivity contribution in [3.05, 3.63) is 47.2 Å². The van der Waals surface area contributed by atoms with E-state index >= 15 is 4.79 Å². The molecule has 0 N–H and O–H groups in total. The summed E-state index contributed by atoms with van der Waals surface area (Å²) >= 11 is 0. The van der Waals surface area contributed by atoms with Crippen molar-refractivity contribution in [1.82, 2.24) is 28.0 Å². The molecular weight excluding hydrogens is 629 g/mol. The van der Waals surface area contributed by atoms with E-state index in [1.807, 2.05) is 12.1 Å². The molecule has 2 saturated carbocycles. The first-order chi connectivity index (χ1) is 23.0. The summed E-state index contributed by atoms with van der Waals surface area (Å²) in [7, 11) is 3.91. The lowest BCUT2D eigenvalue weighted by molar-refractivity contribution is -0.143. The molecule has 0 unspecified atom stereocenters. The molecule has 2 bridgehead atoms. The number of rotatable bonds is 6. The fraction of sp³-hybridized carbons (Fsp3) is 0.583. The largest absolute Gasteiger partial charge is 0.497 e. The van der Waals surface area contributed by atoms with Crippen LogP contribution in [0.3, 0.4) is 0 Å². The van der Waals surface area contributed by atoms with Gasteiger partial charge in [0.05, 0.1) is 18.2 Å². The van der Waals surface area contributed by atoms with Crippen molar-refractivity contribution in [2.24, 2.45) is 5.41 Å². The lowest BCUT2D eigenvalue weighted by atomic mass is 9.81. The van der Waals surface area contributed by atoms with Gasteiger partial charge in [-0.3, -0.25) is 9.59 Å². The SMILES string of the molecule is COc1ccc2c(c1)[C@@H]1C[C@]1(C(=O)N1[C@@H]3CC[C@H]1CN(C)C3)Cn1c-2c(C2CCCCC2)c2ccc(C(=O)N(C)S(=O)(=O)N(C)C)nc21. The van der Waals surface area contributed by atoms with E-state index in [1.165, 1.54) is 33.1 Å². The van der Waals surface area contributed by atoms with E-state index in [1.54, 1.807) is 13.2 Å². The number of carbonyl (C=O) groups is 2. The highest BCUT2D eigenvalue weighted by molar-refractivity contribution is 7.87. The number of nitrogens with zero attached hydrogens (tertiary/aromatic N) is 6. The fourth-order valence-electron chi connectivity index (χ4n) is 9.47. The highest BCUT2D eigenvalue weighted by Crippen LogP contribution is 2.66. The van der Waals surface area contributed by atoms with Gasteiger partial charge in [-0.15, -0.1) is 0 Å². The number of benzene rings is 1. The first kappa shape index (κ1) is 31.8. The third kappa shape index (κ3) is 4.65. The second-order valence-corrected chi connectivity index (χ2v) is 17.2. The number of aromatic nitrogens is 2. The molecular formula is C36H46N6O5S. The molecule has 4 fully saturated rings. The quantitative estimate of drug-likeness (QED) is 0.381. The van der Waals surface area contributed by atoms with Gasteiger partial charge in [-0.1, -0.05) is 19.3 Å². The molecule has 8 rings (SSSR count). The van der Waals surface area contributed by atoms with Gasteiger partial charge in [0.2, 0.25) is 5.91 Å². The van der Waals surface area contributed by atoms with Crippen LogP contribution in [-0.4, -0.2) is 109 Å². The lowest BCUT2D eigenvalue weighted by Crippen LogP contribution is -2.57. The molecule has 12 heteroatoms. The molecule has 5 heterocycles. The maximum Gasteiger partial charge on any atom is 0.305 e. The molecule has 3 aromatic rings. The van der Waals surface area contributed by atoms with E-state index in [2.05, 4.69) is 33.5 Å². The Labute approximate surface area is 283 Å². The van der Waals surface area contributed by atoms with Crippen LogP contribution < -0.4 is 4.74 Å². The van der Waals surface area contributed by atoms with Gasteiger partial charge in [0.15, 0.2) is 0 Å². The van der Waals surface area contributed by atoms with Gasteiger partial charge in [0, 0.05) is 69.7 Å². The lowest BCUT2D eigenvalue weighted by Gasteiger charge is -2.41. The van der Waals surface area contributed by atoms with Crippen LogP contribution in [0.1, 0.15) is 84.8 Å². The molecule has 0 radical (unpaired) electrons. The Kier molecular flexibility index (Phi) is 7.47. The number of likely N-dealkylation sites (N-methyl/N-ethyl adjacent to an activating group) is 1. The van der Waals surface area contributed by atoms with Gasteiger partial charge < -0.3 is 19.1 Å². The van der Waals surface area contributed by atoms with Crippen LogP contribution in [0.4, 0.5) is 0 Å². The number of ether oxygens (including phenoxy) is 1. The number of amides is 2. The molecule has 11 nitrogen and oxygen atoms in total. The van der Waals surface area contributed by atoms with Crippen molar-refractivity contribution in [3.8, 4) is 17.0 Å². The van der Waals surface area contributed by atoms with Crippen molar-refractivity contribution < 1.29 is 22.7 Å². The van der Waals surface area contributed by atoms with Gasteiger partial charge in [-0.2, -0.15) is 12.7 Å². The summed E-state index contributed by atoms with van der Waals surface area (Å²) in [6.45, 7) is 2.26. The molecule has 4 atom stereocenters. The number of hydrogen-bond acceptors (Lipinski definition) is 7. The second-order valence-electron chi connectivity index (χ2n) is 15.0. The zero-order valence-electron chi connectivity index (χ0n) is 28.6. The minimum absolute atomic E-state index is 0.0458. The fourth-order valence-corrected chi connectivity index (χ4v) is 10.3. The first-order valence-electron chi connectivity index (χ1n) is 17.4. The topological polar surface area (TPSA) is 108 Å². The van der Waals surface area contributed by atoms with Gasteiger partial charge in [0.25, 0.3) is 5.91 Å². The Hall–Kier alpha value is -3.48. The monoisotopic (exact) mass is 674 g/mol. The molecule has 2 aliphatic carbocycles. The standard InChI is InChI=1S/C36H46N6O5S/c1-38(2)48(45,46)40(4)34(43)30-16-15-27-31(22-9-7-6-8-10-22)32-26-14-13-25(47-5)17-28(26)29-18-36(29,21-41(32)33(27)37-30)35(44)42-23-11-12-24(42)20-39(3)19-23/h13-17,22-24,29H,6-12,18-21H2,1-5H3/t23-,24+,29-,36-/m0/s1. The highest BCUT2D eigenvalue weighted by Gasteiger charge is 2.65. The van der Waals surface area contributed by atoms with Crippen LogP contribution >= 0.6 is 0 Å². The molecule has 256 valence electrons. The van der Waals surface area contributed by atoms with Crippen LogP contribution in [0, 0.1) is 5.41 Å². The Bertz CT molecular complexity index is 1920. The first-order valence-corrected chi connectivity index (χ1v) is 18.8.